The number of hydrogen-bond acceptors (Lipinski definition) is 4. The molecular weight excluding hydrogens is 341 g/mol. The Morgan fingerprint density at radius 3 is 2.37 bits per heavy atom. The molecule has 1 aromatic carbocycles. The van der Waals surface area contributed by atoms with Gasteiger partial charge in [0.05, 0.1) is 11.3 Å². The summed E-state index contributed by atoms with van der Waals surface area (Å²) in [6.45, 7) is 2.18. The van der Waals surface area contributed by atoms with Crippen molar-refractivity contribution in [3.63, 3.8) is 0 Å². The SMILES string of the molecule is CN1CCC(N(C)c2n[nH]c(-c3ccc(F)cc3)c2-c2ccncc2)CC1. The largest absolute Gasteiger partial charge is 0.355 e. The van der Waals surface area contributed by atoms with E-state index in [-0.39, 0.29) is 5.82 Å². The van der Waals surface area contributed by atoms with Crippen LogP contribution in [0.25, 0.3) is 22.4 Å². The van der Waals surface area contributed by atoms with Gasteiger partial charge < -0.3 is 9.80 Å². The van der Waals surface area contributed by atoms with Gasteiger partial charge in [-0.15, -0.1) is 0 Å². The highest BCUT2D eigenvalue weighted by atomic mass is 19.1. The second kappa shape index (κ2) is 7.48. The standard InChI is InChI=1S/C21H24FN5/c1-26-13-9-18(10-14-26)27(2)21-19(15-7-11-23-12-8-15)20(24-25-21)16-3-5-17(22)6-4-16/h3-8,11-12,18H,9-10,13-14H2,1-2H3,(H,24,25). The predicted molar refractivity (Wildman–Crippen MR) is 106 cm³/mol. The lowest BCUT2D eigenvalue weighted by molar-refractivity contribution is 0.252. The normalized spacial score (nSPS) is 15.8. The number of H-pyrrole nitrogens is 1. The number of piperidine rings is 1. The van der Waals surface area contributed by atoms with Gasteiger partial charge in [-0.05, 0) is 74.9 Å². The van der Waals surface area contributed by atoms with E-state index < -0.39 is 0 Å². The topological polar surface area (TPSA) is 48.0 Å². The fraction of sp³-hybridized carbons (Fsp3) is 0.333. The Morgan fingerprint density at radius 1 is 1.04 bits per heavy atom. The van der Waals surface area contributed by atoms with Crippen LogP contribution in [0.2, 0.25) is 0 Å². The summed E-state index contributed by atoms with van der Waals surface area (Å²) < 4.78 is 13.4. The first-order valence-corrected chi connectivity index (χ1v) is 9.29. The maximum absolute atomic E-state index is 13.4. The van der Waals surface area contributed by atoms with Crippen molar-refractivity contribution >= 4 is 5.82 Å². The fourth-order valence-electron chi connectivity index (χ4n) is 3.76. The first-order valence-electron chi connectivity index (χ1n) is 9.29. The summed E-state index contributed by atoms with van der Waals surface area (Å²) in [6, 6.07) is 11.0. The van der Waals surface area contributed by atoms with Crippen molar-refractivity contribution in [2.24, 2.45) is 0 Å². The number of aromatic nitrogens is 3. The number of halogens is 1. The molecule has 27 heavy (non-hydrogen) atoms. The van der Waals surface area contributed by atoms with Gasteiger partial charge in [0.2, 0.25) is 0 Å². The highest BCUT2D eigenvalue weighted by Gasteiger charge is 2.26. The quantitative estimate of drug-likeness (QED) is 0.764. The maximum Gasteiger partial charge on any atom is 0.158 e. The van der Waals surface area contributed by atoms with E-state index in [2.05, 4.69) is 39.1 Å². The van der Waals surface area contributed by atoms with E-state index in [1.165, 1.54) is 12.1 Å². The van der Waals surface area contributed by atoms with Crippen molar-refractivity contribution in [2.75, 3.05) is 32.1 Å². The molecule has 1 N–H and O–H groups in total. The van der Waals surface area contributed by atoms with E-state index in [9.17, 15) is 4.39 Å². The molecule has 3 heterocycles. The summed E-state index contributed by atoms with van der Waals surface area (Å²) in [5.74, 6) is 0.683. The van der Waals surface area contributed by atoms with Crippen LogP contribution in [0.3, 0.4) is 0 Å². The van der Waals surface area contributed by atoms with E-state index in [0.717, 1.165) is 54.1 Å². The molecule has 1 saturated heterocycles. The first-order chi connectivity index (χ1) is 13.1. The van der Waals surface area contributed by atoms with Crippen molar-refractivity contribution in [3.05, 3.63) is 54.6 Å². The van der Waals surface area contributed by atoms with Crippen LogP contribution in [0.15, 0.2) is 48.8 Å². The molecule has 0 saturated carbocycles. The molecule has 140 valence electrons. The minimum Gasteiger partial charge on any atom is -0.355 e. The lowest BCUT2D eigenvalue weighted by Crippen LogP contribution is -2.42. The number of rotatable bonds is 4. The third-order valence-corrected chi connectivity index (χ3v) is 5.42. The number of likely N-dealkylation sites (tertiary alicyclic amines) is 1. The second-order valence-electron chi connectivity index (χ2n) is 7.19. The molecule has 6 heteroatoms. The van der Waals surface area contributed by atoms with Crippen LogP contribution in [-0.4, -0.2) is 53.3 Å². The van der Waals surface area contributed by atoms with Crippen LogP contribution in [0.4, 0.5) is 10.2 Å². The Hall–Kier alpha value is -2.73. The van der Waals surface area contributed by atoms with E-state index in [0.29, 0.717) is 6.04 Å². The zero-order valence-electron chi connectivity index (χ0n) is 15.7. The van der Waals surface area contributed by atoms with Gasteiger partial charge in [0.25, 0.3) is 0 Å². The fourth-order valence-corrected chi connectivity index (χ4v) is 3.76. The molecule has 0 aliphatic carbocycles. The van der Waals surface area contributed by atoms with Crippen molar-refractivity contribution in [1.82, 2.24) is 20.1 Å². The van der Waals surface area contributed by atoms with Crippen LogP contribution in [-0.2, 0) is 0 Å². The summed E-state index contributed by atoms with van der Waals surface area (Å²) in [7, 11) is 4.28. The Balaban J connectivity index is 1.77. The average molecular weight is 365 g/mol. The summed E-state index contributed by atoms with van der Waals surface area (Å²) in [6.07, 6.45) is 5.80. The van der Waals surface area contributed by atoms with Gasteiger partial charge in [-0.3, -0.25) is 10.1 Å². The highest BCUT2D eigenvalue weighted by molar-refractivity contribution is 5.88. The third-order valence-electron chi connectivity index (χ3n) is 5.42. The van der Waals surface area contributed by atoms with Gasteiger partial charge in [0, 0.05) is 31.0 Å². The minimum atomic E-state index is -0.243. The Morgan fingerprint density at radius 2 is 1.70 bits per heavy atom. The number of aromatic amines is 1. The minimum absolute atomic E-state index is 0.243. The molecular formula is C21H24FN5. The summed E-state index contributed by atoms with van der Waals surface area (Å²) in [5.41, 5.74) is 3.90. The van der Waals surface area contributed by atoms with E-state index in [4.69, 9.17) is 0 Å². The van der Waals surface area contributed by atoms with Gasteiger partial charge in [-0.25, -0.2) is 4.39 Å². The van der Waals surface area contributed by atoms with Crippen LogP contribution < -0.4 is 4.90 Å². The molecule has 0 radical (unpaired) electrons. The van der Waals surface area contributed by atoms with E-state index in [1.54, 1.807) is 24.5 Å². The van der Waals surface area contributed by atoms with Crippen molar-refractivity contribution in [1.29, 1.82) is 0 Å². The number of benzene rings is 1. The smallest absolute Gasteiger partial charge is 0.158 e. The highest BCUT2D eigenvalue weighted by Crippen LogP contribution is 2.38. The second-order valence-corrected chi connectivity index (χ2v) is 7.19. The van der Waals surface area contributed by atoms with Gasteiger partial charge >= 0.3 is 0 Å². The summed E-state index contributed by atoms with van der Waals surface area (Å²) in [5, 5.41) is 7.85. The van der Waals surface area contributed by atoms with Crippen LogP contribution in [0.1, 0.15) is 12.8 Å². The first kappa shape index (κ1) is 17.7. The maximum atomic E-state index is 13.4. The van der Waals surface area contributed by atoms with Crippen molar-refractivity contribution in [3.8, 4) is 22.4 Å². The summed E-state index contributed by atoms with van der Waals surface area (Å²) in [4.78, 5) is 8.79. The Labute approximate surface area is 158 Å². The number of hydrogen-bond donors (Lipinski definition) is 1. The van der Waals surface area contributed by atoms with Crippen LogP contribution in [0.5, 0.6) is 0 Å². The molecule has 1 fully saturated rings. The van der Waals surface area contributed by atoms with Crippen LogP contribution >= 0.6 is 0 Å². The number of pyridine rings is 1. The molecule has 1 aliphatic heterocycles. The Kier molecular flexibility index (Phi) is 4.90. The number of nitrogens with one attached hydrogen (secondary N) is 1. The number of anilines is 1. The third kappa shape index (κ3) is 3.57. The predicted octanol–water partition coefficient (Wildman–Crippen LogP) is 3.81. The zero-order valence-corrected chi connectivity index (χ0v) is 15.7. The molecule has 0 unspecified atom stereocenters. The van der Waals surface area contributed by atoms with Crippen LogP contribution in [0, 0.1) is 5.82 Å². The monoisotopic (exact) mass is 365 g/mol. The summed E-state index contributed by atoms with van der Waals surface area (Å²) >= 11 is 0. The average Bonchev–Trinajstić information content (AvgIpc) is 3.14. The molecule has 4 rings (SSSR count). The lowest BCUT2D eigenvalue weighted by atomic mass is 9.99. The van der Waals surface area contributed by atoms with Gasteiger partial charge in [0.15, 0.2) is 5.82 Å². The zero-order chi connectivity index (χ0) is 18.8. The molecule has 0 amide bonds. The van der Waals surface area contributed by atoms with Gasteiger partial charge in [0.1, 0.15) is 5.82 Å². The molecule has 1 aliphatic rings. The molecule has 5 nitrogen and oxygen atoms in total. The van der Waals surface area contributed by atoms with E-state index >= 15 is 0 Å². The number of nitrogens with zero attached hydrogens (tertiary/aromatic N) is 4. The molecule has 3 aromatic rings. The molecule has 0 bridgehead atoms. The Bertz CT molecular complexity index is 883. The van der Waals surface area contributed by atoms with Gasteiger partial charge in [-0.2, -0.15) is 5.10 Å². The van der Waals surface area contributed by atoms with E-state index in [1.807, 2.05) is 12.1 Å². The molecule has 0 spiro atoms. The molecule has 2 aromatic heterocycles. The lowest BCUT2D eigenvalue weighted by Gasteiger charge is -2.35. The molecule has 0 atom stereocenters. The van der Waals surface area contributed by atoms with Gasteiger partial charge in [-0.1, -0.05) is 0 Å². The van der Waals surface area contributed by atoms with Crippen molar-refractivity contribution in [2.45, 2.75) is 18.9 Å². The van der Waals surface area contributed by atoms with Crippen molar-refractivity contribution < 1.29 is 4.39 Å².